The molecule has 0 radical (unpaired) electrons. The summed E-state index contributed by atoms with van der Waals surface area (Å²) in [5, 5.41) is 26.1. The summed E-state index contributed by atoms with van der Waals surface area (Å²) in [5.74, 6) is -0.328. The van der Waals surface area contributed by atoms with Gasteiger partial charge in [0.2, 0.25) is 5.75 Å². The molecule has 0 aliphatic heterocycles. The molecule has 31 heavy (non-hydrogen) atoms. The highest BCUT2D eigenvalue weighted by Crippen LogP contribution is 2.34. The van der Waals surface area contributed by atoms with Crippen molar-refractivity contribution in [3.05, 3.63) is 103 Å². The van der Waals surface area contributed by atoms with Crippen LogP contribution < -0.4 is 10.2 Å². The van der Waals surface area contributed by atoms with E-state index in [1.165, 1.54) is 18.3 Å². The Morgan fingerprint density at radius 1 is 1.00 bits per heavy atom. The number of hydrogen-bond acceptors (Lipinski definition) is 7. The minimum atomic E-state index is -0.759. The van der Waals surface area contributed by atoms with E-state index in [2.05, 4.69) is 10.5 Å². The molecule has 3 aromatic rings. The molecule has 0 heterocycles. The summed E-state index contributed by atoms with van der Waals surface area (Å²) in [6.45, 7) is 0. The molecular weight excluding hydrogens is 428 g/mol. The Kier molecular flexibility index (Phi) is 6.53. The topological polar surface area (TPSA) is 137 Å². The van der Waals surface area contributed by atoms with Gasteiger partial charge in [0.05, 0.1) is 32.7 Å². The molecule has 10 nitrogen and oxygen atoms in total. The number of ether oxygens (including phenoxy) is 1. The van der Waals surface area contributed by atoms with E-state index in [9.17, 15) is 25.0 Å². The van der Waals surface area contributed by atoms with Gasteiger partial charge in [-0.15, -0.1) is 0 Å². The van der Waals surface area contributed by atoms with Crippen LogP contribution in [0.15, 0.2) is 71.8 Å². The Morgan fingerprint density at radius 2 is 1.71 bits per heavy atom. The molecule has 0 aliphatic carbocycles. The van der Waals surface area contributed by atoms with Crippen LogP contribution in [0.4, 0.5) is 11.4 Å². The third kappa shape index (κ3) is 5.40. The maximum Gasteiger partial charge on any atom is 0.318 e. The van der Waals surface area contributed by atoms with Crippen molar-refractivity contribution < 1.29 is 19.4 Å². The van der Waals surface area contributed by atoms with Gasteiger partial charge in [-0.05, 0) is 48.0 Å². The van der Waals surface area contributed by atoms with E-state index in [0.717, 1.165) is 18.2 Å². The minimum absolute atomic E-state index is 0.135. The molecule has 3 aromatic carbocycles. The molecule has 1 N–H and O–H groups in total. The first kappa shape index (κ1) is 21.4. The summed E-state index contributed by atoms with van der Waals surface area (Å²) >= 11 is 5.95. The Hall–Kier alpha value is -4.31. The van der Waals surface area contributed by atoms with Gasteiger partial charge in [-0.25, -0.2) is 5.43 Å². The summed E-state index contributed by atoms with van der Waals surface area (Å²) < 4.78 is 5.48. The standard InChI is InChI=1S/C20H13ClN4O6/c21-17-4-2-1-3-16(17)20(26)23-22-12-13-5-8-15(9-6-13)31-19-10-7-14(24(27)28)11-18(19)25(29)30/h1-12H,(H,23,26)/b22-12+. The van der Waals surface area contributed by atoms with Crippen LogP contribution in [0.3, 0.4) is 0 Å². The lowest BCUT2D eigenvalue weighted by atomic mass is 10.2. The lowest BCUT2D eigenvalue weighted by Crippen LogP contribution is -2.17. The first-order valence-corrected chi connectivity index (χ1v) is 9.01. The van der Waals surface area contributed by atoms with E-state index >= 15 is 0 Å². The number of non-ortho nitro benzene ring substituents is 1. The van der Waals surface area contributed by atoms with Gasteiger partial charge >= 0.3 is 5.69 Å². The molecule has 0 bridgehead atoms. The van der Waals surface area contributed by atoms with Crippen LogP contribution in [0.5, 0.6) is 11.5 Å². The fourth-order valence-corrected chi connectivity index (χ4v) is 2.69. The first-order valence-electron chi connectivity index (χ1n) is 8.64. The number of hydrazone groups is 1. The third-order valence-electron chi connectivity index (χ3n) is 3.96. The number of halogens is 1. The van der Waals surface area contributed by atoms with Crippen molar-refractivity contribution in [3.63, 3.8) is 0 Å². The average molecular weight is 441 g/mol. The van der Waals surface area contributed by atoms with Crippen LogP contribution in [0.25, 0.3) is 0 Å². The Morgan fingerprint density at radius 3 is 2.35 bits per heavy atom. The molecular formula is C20H13ClN4O6. The molecule has 0 aromatic heterocycles. The molecule has 0 unspecified atom stereocenters. The SMILES string of the molecule is O=C(N/N=C/c1ccc(Oc2ccc([N+](=O)[O-])cc2[N+](=O)[O-])cc1)c1ccccc1Cl. The lowest BCUT2D eigenvalue weighted by molar-refractivity contribution is -0.394. The highest BCUT2D eigenvalue weighted by Gasteiger charge is 2.21. The van der Waals surface area contributed by atoms with Crippen LogP contribution in [-0.4, -0.2) is 22.0 Å². The molecule has 11 heteroatoms. The Bertz CT molecular complexity index is 1180. The van der Waals surface area contributed by atoms with Gasteiger partial charge in [0, 0.05) is 6.07 Å². The Labute approximate surface area is 180 Å². The van der Waals surface area contributed by atoms with Crippen molar-refractivity contribution in [2.24, 2.45) is 5.10 Å². The average Bonchev–Trinajstić information content (AvgIpc) is 2.75. The number of amides is 1. The molecule has 0 atom stereocenters. The maximum absolute atomic E-state index is 12.0. The van der Waals surface area contributed by atoms with Crippen molar-refractivity contribution in [1.29, 1.82) is 0 Å². The van der Waals surface area contributed by atoms with Gasteiger partial charge in [-0.2, -0.15) is 5.10 Å². The Balaban J connectivity index is 1.67. The smallest absolute Gasteiger partial charge is 0.318 e. The molecule has 0 fully saturated rings. The number of nitro groups is 2. The summed E-state index contributed by atoms with van der Waals surface area (Å²) in [7, 11) is 0. The van der Waals surface area contributed by atoms with Gasteiger partial charge in [0.1, 0.15) is 5.75 Å². The zero-order valence-electron chi connectivity index (χ0n) is 15.6. The van der Waals surface area contributed by atoms with Crippen molar-refractivity contribution in [2.75, 3.05) is 0 Å². The fourth-order valence-electron chi connectivity index (χ4n) is 2.47. The number of benzene rings is 3. The van der Waals surface area contributed by atoms with Crippen molar-refractivity contribution in [1.82, 2.24) is 5.43 Å². The van der Waals surface area contributed by atoms with Gasteiger partial charge in [-0.3, -0.25) is 25.0 Å². The second kappa shape index (κ2) is 9.46. The second-order valence-corrected chi connectivity index (χ2v) is 6.42. The summed E-state index contributed by atoms with van der Waals surface area (Å²) in [5.41, 5.74) is 2.33. The van der Waals surface area contributed by atoms with Gasteiger partial charge < -0.3 is 4.74 Å². The highest BCUT2D eigenvalue weighted by atomic mass is 35.5. The number of hydrogen-bond donors (Lipinski definition) is 1. The molecule has 0 saturated heterocycles. The predicted molar refractivity (Wildman–Crippen MR) is 113 cm³/mol. The van der Waals surface area contributed by atoms with Gasteiger partial charge in [0.25, 0.3) is 11.6 Å². The summed E-state index contributed by atoms with van der Waals surface area (Å²) in [6, 6.07) is 15.9. The largest absolute Gasteiger partial charge is 0.450 e. The number of nitro benzene ring substituents is 2. The van der Waals surface area contributed by atoms with E-state index in [1.807, 2.05) is 0 Å². The van der Waals surface area contributed by atoms with Crippen LogP contribution in [-0.2, 0) is 0 Å². The molecule has 156 valence electrons. The van der Waals surface area contributed by atoms with Crippen molar-refractivity contribution in [3.8, 4) is 11.5 Å². The summed E-state index contributed by atoms with van der Waals surface area (Å²) in [6.07, 6.45) is 1.40. The van der Waals surface area contributed by atoms with Gasteiger partial charge in [-0.1, -0.05) is 23.7 Å². The normalized spacial score (nSPS) is 10.6. The van der Waals surface area contributed by atoms with Crippen molar-refractivity contribution >= 4 is 35.1 Å². The summed E-state index contributed by atoms with van der Waals surface area (Å²) in [4.78, 5) is 32.5. The number of nitrogens with zero attached hydrogens (tertiary/aromatic N) is 3. The number of carbonyl (C=O) groups is 1. The predicted octanol–water partition coefficient (Wildman–Crippen LogP) is 4.71. The van der Waals surface area contributed by atoms with Crippen LogP contribution >= 0.6 is 11.6 Å². The lowest BCUT2D eigenvalue weighted by Gasteiger charge is -2.06. The zero-order valence-corrected chi connectivity index (χ0v) is 16.4. The van der Waals surface area contributed by atoms with E-state index < -0.39 is 27.1 Å². The minimum Gasteiger partial charge on any atom is -0.450 e. The van der Waals surface area contributed by atoms with Crippen LogP contribution in [0, 0.1) is 20.2 Å². The first-order chi connectivity index (χ1) is 14.8. The molecule has 0 aliphatic rings. The van der Waals surface area contributed by atoms with E-state index in [1.54, 1.807) is 36.4 Å². The van der Waals surface area contributed by atoms with Crippen molar-refractivity contribution in [2.45, 2.75) is 0 Å². The highest BCUT2D eigenvalue weighted by molar-refractivity contribution is 6.33. The number of carbonyl (C=O) groups excluding carboxylic acids is 1. The number of rotatable bonds is 7. The van der Waals surface area contributed by atoms with E-state index in [-0.39, 0.29) is 17.1 Å². The molecule has 1 amide bonds. The quantitative estimate of drug-likeness (QED) is 0.320. The fraction of sp³-hybridized carbons (Fsp3) is 0. The zero-order chi connectivity index (χ0) is 22.4. The van der Waals surface area contributed by atoms with E-state index in [4.69, 9.17) is 16.3 Å². The van der Waals surface area contributed by atoms with Crippen LogP contribution in [0.2, 0.25) is 5.02 Å². The van der Waals surface area contributed by atoms with Crippen LogP contribution in [0.1, 0.15) is 15.9 Å². The molecule has 3 rings (SSSR count). The second-order valence-electron chi connectivity index (χ2n) is 6.02. The van der Waals surface area contributed by atoms with Gasteiger partial charge in [0.15, 0.2) is 0 Å². The maximum atomic E-state index is 12.0. The number of nitrogens with one attached hydrogen (secondary N) is 1. The molecule has 0 spiro atoms. The monoisotopic (exact) mass is 440 g/mol. The van der Waals surface area contributed by atoms with E-state index in [0.29, 0.717) is 10.6 Å². The molecule has 0 saturated carbocycles. The third-order valence-corrected chi connectivity index (χ3v) is 4.29.